The van der Waals surface area contributed by atoms with Crippen LogP contribution in [0.15, 0.2) is 36.4 Å². The summed E-state index contributed by atoms with van der Waals surface area (Å²) in [6, 6.07) is 11.5. The van der Waals surface area contributed by atoms with Crippen molar-refractivity contribution in [3.8, 4) is 5.75 Å². The van der Waals surface area contributed by atoms with E-state index in [0.29, 0.717) is 18.7 Å². The average molecular weight is 439 g/mol. The van der Waals surface area contributed by atoms with E-state index < -0.39 is 6.04 Å². The number of amides is 2. The number of benzene rings is 2. The summed E-state index contributed by atoms with van der Waals surface area (Å²) < 4.78 is 5.96. The van der Waals surface area contributed by atoms with E-state index in [9.17, 15) is 9.59 Å². The van der Waals surface area contributed by atoms with Crippen molar-refractivity contribution in [1.29, 1.82) is 0 Å². The molecule has 0 spiro atoms. The van der Waals surface area contributed by atoms with Gasteiger partial charge in [0.25, 0.3) is 5.91 Å². The van der Waals surface area contributed by atoms with E-state index in [4.69, 9.17) is 4.74 Å². The zero-order valence-electron chi connectivity index (χ0n) is 20.8. The maximum atomic E-state index is 13.4. The summed E-state index contributed by atoms with van der Waals surface area (Å²) >= 11 is 0. The molecule has 0 aliphatic rings. The summed E-state index contributed by atoms with van der Waals surface area (Å²) in [6.07, 6.45) is 0.516. The molecular formula is C27H38N2O3. The molecule has 0 bridgehead atoms. The van der Waals surface area contributed by atoms with Crippen LogP contribution >= 0.6 is 0 Å². The Morgan fingerprint density at radius 1 is 1.03 bits per heavy atom. The minimum Gasteiger partial charge on any atom is -0.483 e. The molecule has 5 nitrogen and oxygen atoms in total. The number of hydrogen-bond donors (Lipinski definition) is 1. The first-order chi connectivity index (χ1) is 14.9. The Labute approximate surface area is 193 Å². The van der Waals surface area contributed by atoms with Crippen LogP contribution in [0, 0.1) is 27.7 Å². The van der Waals surface area contributed by atoms with Gasteiger partial charge in [0, 0.05) is 12.1 Å². The van der Waals surface area contributed by atoms with Crippen LogP contribution in [0.5, 0.6) is 5.75 Å². The van der Waals surface area contributed by atoms with Crippen LogP contribution in [0.2, 0.25) is 0 Å². The van der Waals surface area contributed by atoms with Crippen molar-refractivity contribution in [2.24, 2.45) is 0 Å². The second kappa shape index (κ2) is 10.7. The van der Waals surface area contributed by atoms with Gasteiger partial charge in [0.2, 0.25) is 5.91 Å². The number of carbonyl (C=O) groups excluding carboxylic acids is 2. The summed E-state index contributed by atoms with van der Waals surface area (Å²) in [5.41, 5.74) is 4.96. The van der Waals surface area contributed by atoms with Gasteiger partial charge in [-0.15, -0.1) is 0 Å². The third-order valence-electron chi connectivity index (χ3n) is 5.43. The van der Waals surface area contributed by atoms with Crippen LogP contribution in [0.3, 0.4) is 0 Å². The summed E-state index contributed by atoms with van der Waals surface area (Å²) in [7, 11) is 0. The monoisotopic (exact) mass is 438 g/mol. The summed E-state index contributed by atoms with van der Waals surface area (Å²) in [4.78, 5) is 28.1. The van der Waals surface area contributed by atoms with Gasteiger partial charge in [-0.1, -0.05) is 42.8 Å². The average Bonchev–Trinajstić information content (AvgIpc) is 2.67. The van der Waals surface area contributed by atoms with Crippen LogP contribution in [0.25, 0.3) is 0 Å². The van der Waals surface area contributed by atoms with Gasteiger partial charge in [0.15, 0.2) is 6.61 Å². The zero-order valence-corrected chi connectivity index (χ0v) is 20.8. The molecule has 2 aromatic carbocycles. The van der Waals surface area contributed by atoms with Gasteiger partial charge >= 0.3 is 0 Å². The number of aryl methyl sites for hydroxylation is 3. The zero-order chi connectivity index (χ0) is 24.1. The van der Waals surface area contributed by atoms with Gasteiger partial charge in [-0.25, -0.2) is 0 Å². The maximum absolute atomic E-state index is 13.4. The second-order valence-electron chi connectivity index (χ2n) is 9.67. The molecule has 0 aromatic heterocycles. The molecule has 0 heterocycles. The predicted octanol–water partition coefficient (Wildman–Crippen LogP) is 5.02. The van der Waals surface area contributed by atoms with E-state index in [1.54, 1.807) is 4.90 Å². The largest absolute Gasteiger partial charge is 0.483 e. The Bertz CT molecular complexity index is 960. The van der Waals surface area contributed by atoms with Gasteiger partial charge in [-0.05, 0) is 83.2 Å². The lowest BCUT2D eigenvalue weighted by molar-refractivity contribution is -0.143. The molecule has 2 aromatic rings. The maximum Gasteiger partial charge on any atom is 0.261 e. The smallest absolute Gasteiger partial charge is 0.261 e. The molecule has 1 N–H and O–H groups in total. The highest BCUT2D eigenvalue weighted by Gasteiger charge is 2.31. The normalized spacial score (nSPS) is 12.2. The second-order valence-corrected chi connectivity index (χ2v) is 9.67. The summed E-state index contributed by atoms with van der Waals surface area (Å²) in [6.45, 7) is 16.0. The SMILES string of the molecule is CC[C@@H](C(=O)NC(C)(C)C)N(Cc1cccc(C)c1)C(=O)COc1cc(C)cc(C)c1C. The molecule has 0 saturated heterocycles. The molecule has 0 aliphatic heterocycles. The highest BCUT2D eigenvalue weighted by molar-refractivity contribution is 5.88. The molecular weight excluding hydrogens is 400 g/mol. The third-order valence-corrected chi connectivity index (χ3v) is 5.43. The number of ether oxygens (including phenoxy) is 1. The van der Waals surface area contributed by atoms with E-state index in [2.05, 4.69) is 11.4 Å². The van der Waals surface area contributed by atoms with Gasteiger partial charge in [0.05, 0.1) is 0 Å². The first kappa shape index (κ1) is 25.4. The molecule has 0 saturated carbocycles. The number of rotatable bonds is 8. The van der Waals surface area contributed by atoms with E-state index in [-0.39, 0.29) is 24.0 Å². The number of hydrogen-bond acceptors (Lipinski definition) is 3. The van der Waals surface area contributed by atoms with Crippen LogP contribution in [-0.4, -0.2) is 34.9 Å². The topological polar surface area (TPSA) is 58.6 Å². The van der Waals surface area contributed by atoms with Gasteiger partial charge in [0.1, 0.15) is 11.8 Å². The minimum atomic E-state index is -0.578. The number of carbonyl (C=O) groups is 2. The van der Waals surface area contributed by atoms with Crippen molar-refractivity contribution in [2.45, 2.75) is 79.9 Å². The van der Waals surface area contributed by atoms with E-state index >= 15 is 0 Å². The fraction of sp³-hybridized carbons (Fsp3) is 0.481. The van der Waals surface area contributed by atoms with Crippen LogP contribution in [0.1, 0.15) is 61.9 Å². The lowest BCUT2D eigenvalue weighted by atomic mass is 10.0. The van der Waals surface area contributed by atoms with Crippen molar-refractivity contribution >= 4 is 11.8 Å². The Kier molecular flexibility index (Phi) is 8.48. The van der Waals surface area contributed by atoms with Crippen molar-refractivity contribution in [1.82, 2.24) is 10.2 Å². The Morgan fingerprint density at radius 3 is 2.31 bits per heavy atom. The van der Waals surface area contributed by atoms with Gasteiger partial charge in [-0.3, -0.25) is 9.59 Å². The molecule has 174 valence electrons. The molecule has 2 amide bonds. The molecule has 5 heteroatoms. The lowest BCUT2D eigenvalue weighted by Crippen LogP contribution is -2.54. The van der Waals surface area contributed by atoms with Crippen molar-refractivity contribution < 1.29 is 14.3 Å². The quantitative estimate of drug-likeness (QED) is 0.629. The fourth-order valence-corrected chi connectivity index (χ4v) is 3.75. The minimum absolute atomic E-state index is 0.116. The summed E-state index contributed by atoms with van der Waals surface area (Å²) in [5.74, 6) is 0.350. The Hall–Kier alpha value is -2.82. The van der Waals surface area contributed by atoms with Crippen molar-refractivity contribution in [3.63, 3.8) is 0 Å². The Balaban J connectivity index is 2.29. The van der Waals surface area contributed by atoms with Crippen LogP contribution in [0.4, 0.5) is 0 Å². The van der Waals surface area contributed by atoms with E-state index in [1.807, 2.05) is 85.7 Å². The van der Waals surface area contributed by atoms with Crippen LogP contribution < -0.4 is 10.1 Å². The van der Waals surface area contributed by atoms with Crippen molar-refractivity contribution in [2.75, 3.05) is 6.61 Å². The van der Waals surface area contributed by atoms with Crippen LogP contribution in [-0.2, 0) is 16.1 Å². The molecule has 1 atom stereocenters. The van der Waals surface area contributed by atoms with E-state index in [1.165, 1.54) is 0 Å². The highest BCUT2D eigenvalue weighted by atomic mass is 16.5. The number of nitrogens with zero attached hydrogens (tertiary/aromatic N) is 1. The standard InChI is InChI=1S/C27H38N2O3/c1-9-23(26(31)28-27(6,7)8)29(16-22-12-10-11-18(2)14-22)25(30)17-32-24-15-19(3)13-20(4)21(24)5/h10-15,23H,9,16-17H2,1-8H3,(H,28,31)/t23-/m0/s1. The first-order valence-electron chi connectivity index (χ1n) is 11.3. The molecule has 0 aliphatic carbocycles. The molecule has 0 radical (unpaired) electrons. The van der Waals surface area contributed by atoms with E-state index in [0.717, 1.165) is 27.8 Å². The van der Waals surface area contributed by atoms with Gasteiger partial charge < -0.3 is 15.0 Å². The lowest BCUT2D eigenvalue weighted by Gasteiger charge is -2.33. The molecule has 2 rings (SSSR count). The molecule has 0 unspecified atom stereocenters. The summed E-state index contributed by atoms with van der Waals surface area (Å²) in [5, 5.41) is 3.03. The molecule has 0 fully saturated rings. The van der Waals surface area contributed by atoms with Crippen molar-refractivity contribution in [3.05, 3.63) is 64.2 Å². The first-order valence-corrected chi connectivity index (χ1v) is 11.3. The number of nitrogens with one attached hydrogen (secondary N) is 1. The van der Waals surface area contributed by atoms with Gasteiger partial charge in [-0.2, -0.15) is 0 Å². The predicted molar refractivity (Wildman–Crippen MR) is 130 cm³/mol. The Morgan fingerprint density at radius 2 is 1.72 bits per heavy atom. The fourth-order valence-electron chi connectivity index (χ4n) is 3.75. The highest BCUT2D eigenvalue weighted by Crippen LogP contribution is 2.24. The molecule has 32 heavy (non-hydrogen) atoms. The third kappa shape index (κ3) is 7.11.